The zero-order valence-electron chi connectivity index (χ0n) is 11.5. The summed E-state index contributed by atoms with van der Waals surface area (Å²) in [6.07, 6.45) is 1.31. The lowest BCUT2D eigenvalue weighted by atomic mass is 9.89. The van der Waals surface area contributed by atoms with Gasteiger partial charge >= 0.3 is 6.09 Å². The third-order valence-electron chi connectivity index (χ3n) is 3.37. The number of ether oxygens (including phenoxy) is 3. The summed E-state index contributed by atoms with van der Waals surface area (Å²) in [7, 11) is 3.18. The van der Waals surface area contributed by atoms with Crippen molar-refractivity contribution in [1.82, 2.24) is 5.32 Å². The zero-order valence-corrected chi connectivity index (χ0v) is 11.5. The second-order valence-electron chi connectivity index (χ2n) is 4.56. The minimum atomic E-state index is -0.606. The smallest absolute Gasteiger partial charge is 0.408 e. The first kappa shape index (κ1) is 13.5. The molecule has 1 aliphatic heterocycles. The summed E-state index contributed by atoms with van der Waals surface area (Å²) in [6, 6.07) is 5.61. The molecule has 2 rings (SSSR count). The molecule has 0 aliphatic carbocycles. The fourth-order valence-electron chi connectivity index (χ4n) is 2.43. The highest BCUT2D eigenvalue weighted by molar-refractivity contribution is 5.71. The number of hydrogen-bond acceptors (Lipinski definition) is 4. The van der Waals surface area contributed by atoms with Crippen molar-refractivity contribution >= 4 is 6.09 Å². The molecule has 1 heterocycles. The van der Waals surface area contributed by atoms with Crippen molar-refractivity contribution in [1.29, 1.82) is 0 Å². The molecule has 19 heavy (non-hydrogen) atoms. The molecule has 1 fully saturated rings. The van der Waals surface area contributed by atoms with E-state index in [0.29, 0.717) is 18.0 Å². The van der Waals surface area contributed by atoms with E-state index < -0.39 is 5.60 Å². The van der Waals surface area contributed by atoms with Gasteiger partial charge in [-0.3, -0.25) is 0 Å². The van der Waals surface area contributed by atoms with Gasteiger partial charge in [0.2, 0.25) is 0 Å². The second kappa shape index (κ2) is 5.38. The Morgan fingerprint density at radius 2 is 2.05 bits per heavy atom. The van der Waals surface area contributed by atoms with Gasteiger partial charge in [-0.15, -0.1) is 0 Å². The van der Waals surface area contributed by atoms with Gasteiger partial charge < -0.3 is 19.5 Å². The number of cyclic esters (lactones) is 1. The summed E-state index contributed by atoms with van der Waals surface area (Å²) in [4.78, 5) is 11.4. The molecule has 1 saturated heterocycles. The molecule has 1 aliphatic rings. The average molecular weight is 265 g/mol. The third-order valence-corrected chi connectivity index (χ3v) is 3.37. The van der Waals surface area contributed by atoms with E-state index in [0.717, 1.165) is 18.4 Å². The predicted molar refractivity (Wildman–Crippen MR) is 70.6 cm³/mol. The van der Waals surface area contributed by atoms with E-state index in [1.165, 1.54) is 0 Å². The molecule has 5 heteroatoms. The minimum Gasteiger partial charge on any atom is -0.493 e. The fraction of sp³-hybridized carbons (Fsp3) is 0.500. The lowest BCUT2D eigenvalue weighted by Crippen LogP contribution is -2.30. The number of methoxy groups -OCH3 is 2. The number of amides is 1. The Morgan fingerprint density at radius 3 is 2.58 bits per heavy atom. The highest BCUT2D eigenvalue weighted by atomic mass is 16.6. The zero-order chi connectivity index (χ0) is 13.9. The van der Waals surface area contributed by atoms with Crippen LogP contribution in [0.3, 0.4) is 0 Å². The van der Waals surface area contributed by atoms with Gasteiger partial charge in [-0.2, -0.15) is 0 Å². The van der Waals surface area contributed by atoms with Gasteiger partial charge in [0.1, 0.15) is 0 Å². The number of carbonyl (C=O) groups excluding carboxylic acids is 1. The van der Waals surface area contributed by atoms with Crippen LogP contribution in [0.5, 0.6) is 11.5 Å². The van der Waals surface area contributed by atoms with Crippen LogP contribution < -0.4 is 14.8 Å². The molecule has 5 nitrogen and oxygen atoms in total. The Labute approximate surface area is 112 Å². The normalized spacial score (nSPS) is 21.7. The Bertz CT molecular complexity index is 475. The van der Waals surface area contributed by atoms with Gasteiger partial charge in [0.15, 0.2) is 17.1 Å². The molecule has 1 aromatic rings. The Morgan fingerprint density at radius 1 is 1.32 bits per heavy atom. The molecule has 0 saturated carbocycles. The van der Waals surface area contributed by atoms with Crippen LogP contribution in [0.1, 0.15) is 25.3 Å². The van der Waals surface area contributed by atoms with E-state index in [4.69, 9.17) is 14.2 Å². The molecular formula is C14H19NO4. The number of benzene rings is 1. The third kappa shape index (κ3) is 2.45. The maximum Gasteiger partial charge on any atom is 0.408 e. The summed E-state index contributed by atoms with van der Waals surface area (Å²) in [5.41, 5.74) is 0.316. The molecule has 1 N–H and O–H groups in total. The van der Waals surface area contributed by atoms with Crippen LogP contribution in [-0.4, -0.2) is 26.9 Å². The standard InChI is InChI=1S/C14H19NO4/c1-4-7-14(9-15-13(16)19-14)10-5-6-11(17-2)12(8-10)18-3/h5-6,8H,4,7,9H2,1-3H3,(H,15,16). The van der Waals surface area contributed by atoms with Crippen molar-refractivity contribution < 1.29 is 19.0 Å². The van der Waals surface area contributed by atoms with Gasteiger partial charge in [-0.1, -0.05) is 19.4 Å². The Kier molecular flexibility index (Phi) is 3.83. The van der Waals surface area contributed by atoms with Crippen LogP contribution >= 0.6 is 0 Å². The summed E-state index contributed by atoms with van der Waals surface area (Å²) in [5, 5.41) is 2.73. The van der Waals surface area contributed by atoms with Crippen molar-refractivity contribution in [2.75, 3.05) is 20.8 Å². The SMILES string of the molecule is CCCC1(c2ccc(OC)c(OC)c2)CNC(=O)O1. The molecule has 1 unspecified atom stereocenters. The molecule has 1 amide bonds. The largest absolute Gasteiger partial charge is 0.493 e. The summed E-state index contributed by atoms with van der Waals surface area (Å²) < 4.78 is 16.0. The van der Waals surface area contributed by atoms with Crippen LogP contribution in [0, 0.1) is 0 Å². The number of alkyl carbamates (subject to hydrolysis) is 1. The van der Waals surface area contributed by atoms with Gasteiger partial charge in [-0.05, 0) is 18.6 Å². The first-order valence-corrected chi connectivity index (χ1v) is 6.34. The fourth-order valence-corrected chi connectivity index (χ4v) is 2.43. The van der Waals surface area contributed by atoms with Crippen molar-refractivity contribution in [2.45, 2.75) is 25.4 Å². The Hall–Kier alpha value is -1.91. The quantitative estimate of drug-likeness (QED) is 0.888. The van der Waals surface area contributed by atoms with E-state index >= 15 is 0 Å². The van der Waals surface area contributed by atoms with Crippen molar-refractivity contribution in [3.63, 3.8) is 0 Å². The van der Waals surface area contributed by atoms with Crippen molar-refractivity contribution in [2.24, 2.45) is 0 Å². The van der Waals surface area contributed by atoms with E-state index in [1.807, 2.05) is 18.2 Å². The van der Waals surface area contributed by atoms with Crippen LogP contribution in [0.2, 0.25) is 0 Å². The van der Waals surface area contributed by atoms with E-state index in [-0.39, 0.29) is 6.09 Å². The molecule has 0 spiro atoms. The number of nitrogens with one attached hydrogen (secondary N) is 1. The lowest BCUT2D eigenvalue weighted by molar-refractivity contribution is 0.0461. The van der Waals surface area contributed by atoms with Gasteiger partial charge in [0, 0.05) is 5.56 Å². The number of hydrogen-bond donors (Lipinski definition) is 1. The van der Waals surface area contributed by atoms with Crippen LogP contribution in [0.25, 0.3) is 0 Å². The number of rotatable bonds is 5. The molecule has 0 radical (unpaired) electrons. The molecule has 1 atom stereocenters. The van der Waals surface area contributed by atoms with Crippen molar-refractivity contribution in [3.8, 4) is 11.5 Å². The predicted octanol–water partition coefficient (Wildman–Crippen LogP) is 2.44. The summed E-state index contributed by atoms with van der Waals surface area (Å²) in [5.74, 6) is 1.30. The van der Waals surface area contributed by atoms with Crippen LogP contribution in [0.4, 0.5) is 4.79 Å². The average Bonchev–Trinajstić information content (AvgIpc) is 2.81. The molecule has 0 bridgehead atoms. The van der Waals surface area contributed by atoms with Gasteiger partial charge in [-0.25, -0.2) is 4.79 Å². The van der Waals surface area contributed by atoms with Crippen LogP contribution in [-0.2, 0) is 10.3 Å². The summed E-state index contributed by atoms with van der Waals surface area (Å²) in [6.45, 7) is 2.55. The van der Waals surface area contributed by atoms with Crippen molar-refractivity contribution in [3.05, 3.63) is 23.8 Å². The van der Waals surface area contributed by atoms with E-state index in [1.54, 1.807) is 14.2 Å². The highest BCUT2D eigenvalue weighted by Crippen LogP contribution is 2.38. The number of carbonyl (C=O) groups is 1. The molecule has 1 aromatic carbocycles. The Balaban J connectivity index is 2.40. The van der Waals surface area contributed by atoms with Gasteiger partial charge in [0.25, 0.3) is 0 Å². The second-order valence-corrected chi connectivity index (χ2v) is 4.56. The highest BCUT2D eigenvalue weighted by Gasteiger charge is 2.41. The maximum absolute atomic E-state index is 11.4. The first-order valence-electron chi connectivity index (χ1n) is 6.34. The van der Waals surface area contributed by atoms with E-state index in [2.05, 4.69) is 12.2 Å². The minimum absolute atomic E-state index is 0.372. The van der Waals surface area contributed by atoms with Crippen LogP contribution in [0.15, 0.2) is 18.2 Å². The molecular weight excluding hydrogens is 246 g/mol. The maximum atomic E-state index is 11.4. The summed E-state index contributed by atoms with van der Waals surface area (Å²) >= 11 is 0. The topological polar surface area (TPSA) is 56.8 Å². The van der Waals surface area contributed by atoms with Gasteiger partial charge in [0.05, 0.1) is 20.8 Å². The monoisotopic (exact) mass is 265 g/mol. The van der Waals surface area contributed by atoms with E-state index in [9.17, 15) is 4.79 Å². The lowest BCUT2D eigenvalue weighted by Gasteiger charge is -2.27. The first-order chi connectivity index (χ1) is 9.15. The molecule has 104 valence electrons. The molecule has 0 aromatic heterocycles.